The van der Waals surface area contributed by atoms with Crippen molar-refractivity contribution >= 4 is 5.57 Å². The molecule has 1 aromatic carbocycles. The average molecular weight is 202 g/mol. The molecular formula is C14H18O. The first-order chi connectivity index (χ1) is 7.22. The molecule has 1 aliphatic rings. The first-order valence-corrected chi connectivity index (χ1v) is 5.64. The van der Waals surface area contributed by atoms with E-state index in [0.29, 0.717) is 5.92 Å². The number of aryl methyl sites for hydroxylation is 1. The van der Waals surface area contributed by atoms with Crippen LogP contribution in [0.15, 0.2) is 24.8 Å². The topological polar surface area (TPSA) is 20.2 Å². The van der Waals surface area contributed by atoms with Gasteiger partial charge in [-0.25, -0.2) is 0 Å². The molecule has 0 heterocycles. The summed E-state index contributed by atoms with van der Waals surface area (Å²) in [7, 11) is 0. The number of rotatable bonds is 2. The molecule has 0 saturated carbocycles. The van der Waals surface area contributed by atoms with E-state index in [2.05, 4.69) is 31.7 Å². The molecule has 0 spiro atoms. The molecule has 80 valence electrons. The third-order valence-electron chi connectivity index (χ3n) is 3.36. The largest absolute Gasteiger partial charge is 0.392 e. The molecule has 15 heavy (non-hydrogen) atoms. The van der Waals surface area contributed by atoms with Crippen molar-refractivity contribution in [3.8, 4) is 0 Å². The minimum absolute atomic E-state index is 0.0499. The van der Waals surface area contributed by atoms with Gasteiger partial charge < -0.3 is 5.11 Å². The van der Waals surface area contributed by atoms with Gasteiger partial charge >= 0.3 is 0 Å². The van der Waals surface area contributed by atoms with Gasteiger partial charge in [-0.1, -0.05) is 31.7 Å². The van der Waals surface area contributed by atoms with Crippen LogP contribution in [0.1, 0.15) is 42.4 Å². The second-order valence-corrected chi connectivity index (χ2v) is 4.47. The number of benzene rings is 1. The van der Waals surface area contributed by atoms with Crippen LogP contribution < -0.4 is 0 Å². The standard InChI is InChI=1S/C14H18O/c1-10-4-3-5-13-8-12(11(2)9-15)6-7-14(10)13/h6-8,10,15H,2-5,9H2,1H3/t10-/m1/s1. The molecule has 1 N–H and O–H groups in total. The smallest absolute Gasteiger partial charge is 0.0681 e. The molecule has 0 unspecified atom stereocenters. The van der Waals surface area contributed by atoms with Crippen LogP contribution in [0.4, 0.5) is 0 Å². The fourth-order valence-corrected chi connectivity index (χ4v) is 2.37. The van der Waals surface area contributed by atoms with Gasteiger partial charge in [0, 0.05) is 0 Å². The third-order valence-corrected chi connectivity index (χ3v) is 3.36. The Kier molecular flexibility index (Phi) is 2.92. The van der Waals surface area contributed by atoms with E-state index in [1.807, 2.05) is 0 Å². The molecular weight excluding hydrogens is 184 g/mol. The molecule has 0 radical (unpaired) electrons. The van der Waals surface area contributed by atoms with Crippen LogP contribution in [0, 0.1) is 0 Å². The van der Waals surface area contributed by atoms with Crippen molar-refractivity contribution in [2.75, 3.05) is 6.61 Å². The Morgan fingerprint density at radius 3 is 3.07 bits per heavy atom. The monoisotopic (exact) mass is 202 g/mol. The van der Waals surface area contributed by atoms with E-state index in [-0.39, 0.29) is 6.61 Å². The number of aliphatic hydroxyl groups is 1. The average Bonchev–Trinajstić information content (AvgIpc) is 2.28. The van der Waals surface area contributed by atoms with Gasteiger partial charge in [-0.15, -0.1) is 0 Å². The number of hydrogen-bond donors (Lipinski definition) is 1. The summed E-state index contributed by atoms with van der Waals surface area (Å²) in [4.78, 5) is 0. The predicted molar refractivity (Wildman–Crippen MR) is 63.9 cm³/mol. The Morgan fingerprint density at radius 2 is 2.33 bits per heavy atom. The highest BCUT2D eigenvalue weighted by molar-refractivity contribution is 5.65. The summed E-state index contributed by atoms with van der Waals surface area (Å²) >= 11 is 0. The highest BCUT2D eigenvalue weighted by Gasteiger charge is 2.16. The van der Waals surface area contributed by atoms with Crippen molar-refractivity contribution in [1.29, 1.82) is 0 Å². The lowest BCUT2D eigenvalue weighted by Gasteiger charge is -2.23. The summed E-state index contributed by atoms with van der Waals surface area (Å²) in [6.07, 6.45) is 3.75. The predicted octanol–water partition coefficient (Wildman–Crippen LogP) is 3.13. The van der Waals surface area contributed by atoms with Crippen molar-refractivity contribution in [2.24, 2.45) is 0 Å². The fraction of sp³-hybridized carbons (Fsp3) is 0.429. The number of fused-ring (bicyclic) bond motifs is 1. The van der Waals surface area contributed by atoms with E-state index in [0.717, 1.165) is 11.1 Å². The molecule has 1 aromatic rings. The highest BCUT2D eigenvalue weighted by Crippen LogP contribution is 2.32. The van der Waals surface area contributed by atoms with E-state index in [9.17, 15) is 0 Å². The molecule has 0 aliphatic heterocycles. The highest BCUT2D eigenvalue weighted by atomic mass is 16.3. The Balaban J connectivity index is 2.37. The maximum atomic E-state index is 9.04. The Labute approximate surface area is 91.4 Å². The van der Waals surface area contributed by atoms with Gasteiger partial charge in [-0.3, -0.25) is 0 Å². The molecule has 0 fully saturated rings. The SMILES string of the molecule is C=C(CO)c1ccc2c(c1)CCC[C@H]2C. The molecule has 1 atom stereocenters. The van der Waals surface area contributed by atoms with Gasteiger partial charge in [0.15, 0.2) is 0 Å². The lowest BCUT2D eigenvalue weighted by Crippen LogP contribution is -2.07. The normalized spacial score (nSPS) is 19.7. The molecule has 1 heteroatoms. The van der Waals surface area contributed by atoms with Gasteiger partial charge in [0.05, 0.1) is 6.61 Å². The van der Waals surface area contributed by atoms with Crippen molar-refractivity contribution in [2.45, 2.75) is 32.1 Å². The van der Waals surface area contributed by atoms with Crippen LogP contribution in [-0.2, 0) is 6.42 Å². The van der Waals surface area contributed by atoms with Crippen LogP contribution in [0.2, 0.25) is 0 Å². The lowest BCUT2D eigenvalue weighted by atomic mass is 9.83. The van der Waals surface area contributed by atoms with Crippen LogP contribution in [0.25, 0.3) is 5.57 Å². The first kappa shape index (κ1) is 10.4. The van der Waals surface area contributed by atoms with Gasteiger partial charge in [0.2, 0.25) is 0 Å². The van der Waals surface area contributed by atoms with Crippen molar-refractivity contribution in [1.82, 2.24) is 0 Å². The van der Waals surface area contributed by atoms with Gasteiger partial charge in [0.25, 0.3) is 0 Å². The lowest BCUT2D eigenvalue weighted by molar-refractivity contribution is 0.350. The molecule has 0 aromatic heterocycles. The molecule has 0 amide bonds. The maximum Gasteiger partial charge on any atom is 0.0681 e. The van der Waals surface area contributed by atoms with E-state index in [1.165, 1.54) is 30.4 Å². The van der Waals surface area contributed by atoms with E-state index < -0.39 is 0 Å². The summed E-state index contributed by atoms with van der Waals surface area (Å²) in [6, 6.07) is 6.48. The van der Waals surface area contributed by atoms with Crippen LogP contribution >= 0.6 is 0 Å². The quantitative estimate of drug-likeness (QED) is 0.781. The molecule has 1 nitrogen and oxygen atoms in total. The zero-order valence-electron chi connectivity index (χ0n) is 9.29. The molecule has 2 rings (SSSR count). The Hall–Kier alpha value is -1.08. The van der Waals surface area contributed by atoms with Gasteiger partial charge in [0.1, 0.15) is 0 Å². The zero-order chi connectivity index (χ0) is 10.8. The van der Waals surface area contributed by atoms with Gasteiger partial charge in [-0.2, -0.15) is 0 Å². The van der Waals surface area contributed by atoms with Crippen LogP contribution in [0.3, 0.4) is 0 Å². The summed E-state index contributed by atoms with van der Waals surface area (Å²) < 4.78 is 0. The summed E-state index contributed by atoms with van der Waals surface area (Å²) in [5, 5.41) is 9.04. The van der Waals surface area contributed by atoms with E-state index in [1.54, 1.807) is 0 Å². The molecule has 1 aliphatic carbocycles. The Morgan fingerprint density at radius 1 is 1.53 bits per heavy atom. The fourth-order valence-electron chi connectivity index (χ4n) is 2.37. The number of hydrogen-bond acceptors (Lipinski definition) is 1. The zero-order valence-corrected chi connectivity index (χ0v) is 9.29. The molecule has 0 saturated heterocycles. The van der Waals surface area contributed by atoms with Crippen LogP contribution in [-0.4, -0.2) is 11.7 Å². The van der Waals surface area contributed by atoms with Gasteiger partial charge in [-0.05, 0) is 47.4 Å². The maximum absolute atomic E-state index is 9.04. The van der Waals surface area contributed by atoms with Crippen molar-refractivity contribution in [3.05, 3.63) is 41.5 Å². The summed E-state index contributed by atoms with van der Waals surface area (Å²) in [5.41, 5.74) is 4.83. The summed E-state index contributed by atoms with van der Waals surface area (Å²) in [6.45, 7) is 6.20. The molecule has 0 bridgehead atoms. The third kappa shape index (κ3) is 1.98. The van der Waals surface area contributed by atoms with Crippen molar-refractivity contribution in [3.63, 3.8) is 0 Å². The minimum atomic E-state index is 0.0499. The Bertz CT molecular complexity index is 379. The van der Waals surface area contributed by atoms with E-state index >= 15 is 0 Å². The van der Waals surface area contributed by atoms with E-state index in [4.69, 9.17) is 5.11 Å². The van der Waals surface area contributed by atoms with Crippen LogP contribution in [0.5, 0.6) is 0 Å². The first-order valence-electron chi connectivity index (χ1n) is 5.64. The second kappa shape index (κ2) is 4.19. The minimum Gasteiger partial charge on any atom is -0.392 e. The second-order valence-electron chi connectivity index (χ2n) is 4.47. The summed E-state index contributed by atoms with van der Waals surface area (Å²) in [5.74, 6) is 0.685. The number of aliphatic hydroxyl groups excluding tert-OH is 1. The van der Waals surface area contributed by atoms with Crippen molar-refractivity contribution < 1.29 is 5.11 Å².